The van der Waals surface area contributed by atoms with E-state index in [2.05, 4.69) is 10.4 Å². The third-order valence-electron chi connectivity index (χ3n) is 3.04. The molecule has 1 aromatic carbocycles. The lowest BCUT2D eigenvalue weighted by atomic mass is 10.1. The van der Waals surface area contributed by atoms with Crippen molar-refractivity contribution in [1.29, 1.82) is 0 Å². The van der Waals surface area contributed by atoms with Gasteiger partial charge in [0.25, 0.3) is 5.91 Å². The van der Waals surface area contributed by atoms with Gasteiger partial charge in [-0.15, -0.1) is 0 Å². The van der Waals surface area contributed by atoms with Crippen molar-refractivity contribution in [2.45, 2.75) is 33.2 Å². The first kappa shape index (κ1) is 15.1. The Morgan fingerprint density at radius 1 is 1.29 bits per heavy atom. The number of rotatable bonds is 3. The van der Waals surface area contributed by atoms with Gasteiger partial charge in [-0.3, -0.25) is 4.79 Å². The predicted octanol–water partition coefficient (Wildman–Crippen LogP) is 3.21. The Hall–Kier alpha value is -2.30. The van der Waals surface area contributed by atoms with Crippen molar-refractivity contribution in [3.8, 4) is 5.75 Å². The van der Waals surface area contributed by atoms with Gasteiger partial charge in [0.05, 0.1) is 18.3 Å². The van der Waals surface area contributed by atoms with Gasteiger partial charge < -0.3 is 10.1 Å². The van der Waals surface area contributed by atoms with Crippen molar-refractivity contribution in [2.75, 3.05) is 12.4 Å². The van der Waals surface area contributed by atoms with Gasteiger partial charge in [0.15, 0.2) is 0 Å². The molecule has 2 aromatic rings. The molecule has 1 N–H and O–H groups in total. The lowest BCUT2D eigenvalue weighted by Crippen LogP contribution is -2.26. The van der Waals surface area contributed by atoms with Crippen molar-refractivity contribution in [1.82, 2.24) is 9.78 Å². The third-order valence-corrected chi connectivity index (χ3v) is 3.04. The lowest BCUT2D eigenvalue weighted by Gasteiger charge is -2.22. The summed E-state index contributed by atoms with van der Waals surface area (Å²) < 4.78 is 6.96. The predicted molar refractivity (Wildman–Crippen MR) is 82.9 cm³/mol. The van der Waals surface area contributed by atoms with Crippen LogP contribution < -0.4 is 10.1 Å². The van der Waals surface area contributed by atoms with E-state index in [0.29, 0.717) is 17.1 Å². The number of aryl methyl sites for hydroxylation is 1. The summed E-state index contributed by atoms with van der Waals surface area (Å²) in [6.07, 6.45) is 0. The van der Waals surface area contributed by atoms with Crippen molar-refractivity contribution in [3.63, 3.8) is 0 Å². The Labute approximate surface area is 124 Å². The molecule has 5 heteroatoms. The van der Waals surface area contributed by atoms with Gasteiger partial charge in [-0.25, -0.2) is 4.68 Å². The molecule has 112 valence electrons. The number of hydrogen-bond acceptors (Lipinski definition) is 3. The van der Waals surface area contributed by atoms with Crippen molar-refractivity contribution < 1.29 is 9.53 Å². The molecular formula is C16H21N3O2. The molecule has 5 nitrogen and oxygen atoms in total. The summed E-state index contributed by atoms with van der Waals surface area (Å²) in [6, 6.07) is 8.92. The first-order valence-electron chi connectivity index (χ1n) is 6.84. The van der Waals surface area contributed by atoms with Crippen LogP contribution in [0.5, 0.6) is 5.75 Å². The zero-order valence-corrected chi connectivity index (χ0v) is 13.1. The van der Waals surface area contributed by atoms with Gasteiger partial charge in [0.1, 0.15) is 11.6 Å². The molecule has 0 bridgehead atoms. The van der Waals surface area contributed by atoms with Crippen molar-refractivity contribution in [3.05, 3.63) is 41.6 Å². The fraction of sp³-hybridized carbons (Fsp3) is 0.375. The Morgan fingerprint density at radius 3 is 2.62 bits per heavy atom. The van der Waals surface area contributed by atoms with Gasteiger partial charge in [-0.05, 0) is 45.9 Å². The van der Waals surface area contributed by atoms with E-state index in [0.717, 1.165) is 5.69 Å². The van der Waals surface area contributed by atoms with Crippen LogP contribution in [0.4, 0.5) is 5.82 Å². The number of amides is 1. The standard InChI is InChI=1S/C16H21N3O2/c1-11-9-14(19(18-11)16(2,3)4)17-15(20)12-7-6-8-13(10-12)21-5/h6-10H,1-5H3,(H,17,20). The summed E-state index contributed by atoms with van der Waals surface area (Å²) in [4.78, 5) is 12.4. The first-order chi connectivity index (χ1) is 9.81. The summed E-state index contributed by atoms with van der Waals surface area (Å²) >= 11 is 0. The highest BCUT2D eigenvalue weighted by molar-refractivity contribution is 6.04. The molecule has 2 rings (SSSR count). The summed E-state index contributed by atoms with van der Waals surface area (Å²) in [6.45, 7) is 8.03. The van der Waals surface area contributed by atoms with Gasteiger partial charge >= 0.3 is 0 Å². The van der Waals surface area contributed by atoms with Crippen LogP contribution in [0.3, 0.4) is 0 Å². The molecule has 0 spiro atoms. The normalized spacial score (nSPS) is 11.3. The van der Waals surface area contributed by atoms with E-state index in [4.69, 9.17) is 4.74 Å². The summed E-state index contributed by atoms with van der Waals surface area (Å²) in [5.74, 6) is 1.16. The molecular weight excluding hydrogens is 266 g/mol. The SMILES string of the molecule is COc1cccc(C(=O)Nc2cc(C)nn2C(C)(C)C)c1. The second-order valence-corrected chi connectivity index (χ2v) is 5.94. The minimum atomic E-state index is -0.203. The number of benzene rings is 1. The summed E-state index contributed by atoms with van der Waals surface area (Å²) in [7, 11) is 1.58. The smallest absolute Gasteiger partial charge is 0.256 e. The van der Waals surface area contributed by atoms with Gasteiger partial charge in [-0.2, -0.15) is 5.10 Å². The monoisotopic (exact) mass is 287 g/mol. The highest BCUT2D eigenvalue weighted by Gasteiger charge is 2.20. The fourth-order valence-electron chi connectivity index (χ4n) is 2.05. The molecule has 0 aliphatic carbocycles. The number of nitrogens with zero attached hydrogens (tertiary/aromatic N) is 2. The molecule has 0 saturated heterocycles. The van der Waals surface area contributed by atoms with Crippen LogP contribution in [0.25, 0.3) is 0 Å². The van der Waals surface area contributed by atoms with E-state index in [9.17, 15) is 4.79 Å². The molecule has 0 atom stereocenters. The van der Waals surface area contributed by atoms with E-state index in [1.54, 1.807) is 31.4 Å². The second-order valence-electron chi connectivity index (χ2n) is 5.94. The number of anilines is 1. The molecule has 0 aliphatic rings. The van der Waals surface area contributed by atoms with Crippen LogP contribution in [-0.4, -0.2) is 22.8 Å². The van der Waals surface area contributed by atoms with E-state index in [1.165, 1.54) is 0 Å². The third kappa shape index (κ3) is 3.42. The van der Waals surface area contributed by atoms with Gasteiger partial charge in [-0.1, -0.05) is 6.07 Å². The van der Waals surface area contributed by atoms with Crippen LogP contribution >= 0.6 is 0 Å². The second kappa shape index (κ2) is 5.60. The molecule has 1 heterocycles. The van der Waals surface area contributed by atoms with E-state index in [1.807, 2.05) is 38.4 Å². The van der Waals surface area contributed by atoms with Crippen molar-refractivity contribution in [2.24, 2.45) is 0 Å². The molecule has 1 amide bonds. The minimum absolute atomic E-state index is 0.181. The topological polar surface area (TPSA) is 56.1 Å². The highest BCUT2D eigenvalue weighted by Crippen LogP contribution is 2.22. The Kier molecular flexibility index (Phi) is 4.02. The average Bonchev–Trinajstić information content (AvgIpc) is 2.79. The maximum absolute atomic E-state index is 12.4. The number of carbonyl (C=O) groups excluding carboxylic acids is 1. The average molecular weight is 287 g/mol. The Balaban J connectivity index is 2.27. The largest absolute Gasteiger partial charge is 0.497 e. The molecule has 0 radical (unpaired) electrons. The van der Waals surface area contributed by atoms with Crippen molar-refractivity contribution >= 4 is 11.7 Å². The number of hydrogen-bond donors (Lipinski definition) is 1. The molecule has 1 aromatic heterocycles. The highest BCUT2D eigenvalue weighted by atomic mass is 16.5. The maximum Gasteiger partial charge on any atom is 0.256 e. The zero-order chi connectivity index (χ0) is 15.6. The van der Waals surface area contributed by atoms with E-state index < -0.39 is 0 Å². The van der Waals surface area contributed by atoms with Crippen LogP contribution in [0.1, 0.15) is 36.8 Å². The number of methoxy groups -OCH3 is 1. The van der Waals surface area contributed by atoms with Gasteiger partial charge in [0.2, 0.25) is 0 Å². The number of carbonyl (C=O) groups is 1. The Bertz CT molecular complexity index is 654. The summed E-state index contributed by atoms with van der Waals surface area (Å²) in [5, 5.41) is 7.35. The number of ether oxygens (including phenoxy) is 1. The lowest BCUT2D eigenvalue weighted by molar-refractivity contribution is 0.102. The Morgan fingerprint density at radius 2 is 2.00 bits per heavy atom. The van der Waals surface area contributed by atoms with Crippen LogP contribution in [0.2, 0.25) is 0 Å². The molecule has 0 fully saturated rings. The van der Waals surface area contributed by atoms with Gasteiger partial charge in [0, 0.05) is 11.6 Å². The molecule has 0 unspecified atom stereocenters. The first-order valence-corrected chi connectivity index (χ1v) is 6.84. The maximum atomic E-state index is 12.4. The fourth-order valence-corrected chi connectivity index (χ4v) is 2.05. The zero-order valence-electron chi connectivity index (χ0n) is 13.1. The van der Waals surface area contributed by atoms with E-state index in [-0.39, 0.29) is 11.4 Å². The van der Waals surface area contributed by atoms with Crippen LogP contribution in [0.15, 0.2) is 30.3 Å². The minimum Gasteiger partial charge on any atom is -0.497 e. The quantitative estimate of drug-likeness (QED) is 0.943. The molecule has 0 aliphatic heterocycles. The van der Waals surface area contributed by atoms with E-state index >= 15 is 0 Å². The molecule has 0 saturated carbocycles. The number of nitrogens with one attached hydrogen (secondary N) is 1. The number of aromatic nitrogens is 2. The summed E-state index contributed by atoms with van der Waals surface area (Å²) in [5.41, 5.74) is 1.21. The van der Waals surface area contributed by atoms with Crippen LogP contribution in [-0.2, 0) is 5.54 Å². The molecule has 21 heavy (non-hydrogen) atoms. The van der Waals surface area contributed by atoms with Crippen LogP contribution in [0, 0.1) is 6.92 Å².